The summed E-state index contributed by atoms with van der Waals surface area (Å²) in [6.07, 6.45) is 2.89. The van der Waals surface area contributed by atoms with Gasteiger partial charge in [-0.1, -0.05) is 12.1 Å². The SMILES string of the molecule is CCN1CCC(Cc2nc(CC(=O)O)no2)CC1. The molecule has 1 aliphatic heterocycles. The molecule has 0 spiro atoms. The van der Waals surface area contributed by atoms with Crippen molar-refractivity contribution in [1.29, 1.82) is 0 Å². The lowest BCUT2D eigenvalue weighted by Crippen LogP contribution is -2.34. The van der Waals surface area contributed by atoms with Gasteiger partial charge >= 0.3 is 5.97 Å². The van der Waals surface area contributed by atoms with Crippen LogP contribution >= 0.6 is 0 Å². The minimum atomic E-state index is -0.932. The van der Waals surface area contributed by atoms with E-state index in [1.807, 2.05) is 0 Å². The maximum Gasteiger partial charge on any atom is 0.311 e. The number of rotatable bonds is 5. The van der Waals surface area contributed by atoms with Crippen LogP contribution in [0, 0.1) is 5.92 Å². The minimum absolute atomic E-state index is 0.169. The van der Waals surface area contributed by atoms with Crippen molar-refractivity contribution in [2.24, 2.45) is 5.92 Å². The Morgan fingerprint density at radius 2 is 2.22 bits per heavy atom. The molecule has 0 aliphatic carbocycles. The lowest BCUT2D eigenvalue weighted by Gasteiger charge is -2.30. The third-order valence-electron chi connectivity index (χ3n) is 3.44. The molecule has 0 radical (unpaired) electrons. The highest BCUT2D eigenvalue weighted by molar-refractivity contribution is 5.68. The number of hydrogen-bond donors (Lipinski definition) is 1. The van der Waals surface area contributed by atoms with E-state index in [9.17, 15) is 4.79 Å². The van der Waals surface area contributed by atoms with Crippen LogP contribution in [0.25, 0.3) is 0 Å². The van der Waals surface area contributed by atoms with Crippen molar-refractivity contribution in [1.82, 2.24) is 15.0 Å². The fourth-order valence-corrected chi connectivity index (χ4v) is 2.33. The summed E-state index contributed by atoms with van der Waals surface area (Å²) in [6, 6.07) is 0. The van der Waals surface area contributed by atoms with E-state index in [-0.39, 0.29) is 12.2 Å². The molecule has 6 nitrogen and oxygen atoms in total. The Bertz CT molecular complexity index is 397. The predicted molar refractivity (Wildman–Crippen MR) is 64.2 cm³/mol. The van der Waals surface area contributed by atoms with Crippen LogP contribution in [-0.4, -0.2) is 45.8 Å². The highest BCUT2D eigenvalue weighted by atomic mass is 16.5. The third-order valence-corrected chi connectivity index (χ3v) is 3.44. The van der Waals surface area contributed by atoms with Gasteiger partial charge in [-0.2, -0.15) is 4.98 Å². The summed E-state index contributed by atoms with van der Waals surface area (Å²) in [6.45, 7) is 5.53. The zero-order valence-corrected chi connectivity index (χ0v) is 10.6. The summed E-state index contributed by atoms with van der Waals surface area (Å²) in [5.41, 5.74) is 0. The normalized spacial score (nSPS) is 18.1. The molecule has 0 aromatic carbocycles. The van der Waals surface area contributed by atoms with Gasteiger partial charge in [0.2, 0.25) is 5.89 Å². The van der Waals surface area contributed by atoms with Crippen LogP contribution < -0.4 is 0 Å². The van der Waals surface area contributed by atoms with E-state index >= 15 is 0 Å². The van der Waals surface area contributed by atoms with Gasteiger partial charge in [0.05, 0.1) is 0 Å². The first-order valence-corrected chi connectivity index (χ1v) is 6.43. The molecular formula is C12H19N3O3. The highest BCUT2D eigenvalue weighted by Crippen LogP contribution is 2.20. The fourth-order valence-electron chi connectivity index (χ4n) is 2.33. The highest BCUT2D eigenvalue weighted by Gasteiger charge is 2.21. The number of aliphatic carboxylic acids is 1. The molecule has 2 heterocycles. The molecule has 1 aromatic heterocycles. The topological polar surface area (TPSA) is 79.5 Å². The zero-order chi connectivity index (χ0) is 13.0. The first-order valence-electron chi connectivity index (χ1n) is 6.43. The second-order valence-corrected chi connectivity index (χ2v) is 4.76. The monoisotopic (exact) mass is 253 g/mol. The van der Waals surface area contributed by atoms with Gasteiger partial charge in [0, 0.05) is 6.42 Å². The summed E-state index contributed by atoms with van der Waals surface area (Å²) >= 11 is 0. The van der Waals surface area contributed by atoms with E-state index in [1.165, 1.54) is 0 Å². The summed E-state index contributed by atoms with van der Waals surface area (Å²) in [5, 5.41) is 12.3. The molecule has 0 unspecified atom stereocenters. The van der Waals surface area contributed by atoms with Crippen LogP contribution in [0.1, 0.15) is 31.5 Å². The van der Waals surface area contributed by atoms with Crippen LogP contribution in [0.3, 0.4) is 0 Å². The molecule has 0 amide bonds. The lowest BCUT2D eigenvalue weighted by atomic mass is 9.93. The van der Waals surface area contributed by atoms with Gasteiger partial charge in [-0.3, -0.25) is 4.79 Å². The number of aromatic nitrogens is 2. The number of carboxylic acid groups (broad SMARTS) is 1. The number of nitrogens with zero attached hydrogens (tertiary/aromatic N) is 3. The van der Waals surface area contributed by atoms with Gasteiger partial charge < -0.3 is 14.5 Å². The Hall–Kier alpha value is -1.43. The Kier molecular flexibility index (Phi) is 4.30. The van der Waals surface area contributed by atoms with Crippen molar-refractivity contribution in [3.63, 3.8) is 0 Å². The molecule has 1 aliphatic rings. The molecule has 0 atom stereocenters. The number of piperidine rings is 1. The Morgan fingerprint density at radius 3 is 2.83 bits per heavy atom. The molecule has 1 N–H and O–H groups in total. The van der Waals surface area contributed by atoms with Crippen molar-refractivity contribution in [2.75, 3.05) is 19.6 Å². The largest absolute Gasteiger partial charge is 0.481 e. The molecule has 0 saturated carbocycles. The van der Waals surface area contributed by atoms with Crippen LogP contribution in [0.15, 0.2) is 4.52 Å². The molecule has 0 bridgehead atoms. The van der Waals surface area contributed by atoms with Gasteiger partial charge in [-0.15, -0.1) is 0 Å². The Labute approximate surface area is 106 Å². The average molecular weight is 253 g/mol. The van der Waals surface area contributed by atoms with Crippen molar-refractivity contribution < 1.29 is 14.4 Å². The van der Waals surface area contributed by atoms with E-state index < -0.39 is 5.97 Å². The maximum absolute atomic E-state index is 10.5. The van der Waals surface area contributed by atoms with Crippen LogP contribution in [-0.2, 0) is 17.6 Å². The molecule has 2 rings (SSSR count). The van der Waals surface area contributed by atoms with Crippen molar-refractivity contribution >= 4 is 5.97 Å². The van der Waals surface area contributed by atoms with Gasteiger partial charge in [-0.25, -0.2) is 0 Å². The summed E-state index contributed by atoms with van der Waals surface area (Å²) in [5.74, 6) is 0.481. The molecular weight excluding hydrogens is 234 g/mol. The second kappa shape index (κ2) is 5.95. The van der Waals surface area contributed by atoms with Gasteiger partial charge in [0.15, 0.2) is 5.82 Å². The number of carbonyl (C=O) groups is 1. The molecule has 18 heavy (non-hydrogen) atoms. The summed E-state index contributed by atoms with van der Waals surface area (Å²) < 4.78 is 5.08. The molecule has 1 fully saturated rings. The van der Waals surface area contributed by atoms with Gasteiger partial charge in [0.25, 0.3) is 0 Å². The van der Waals surface area contributed by atoms with Crippen molar-refractivity contribution in [2.45, 2.75) is 32.6 Å². The average Bonchev–Trinajstić information content (AvgIpc) is 2.76. The maximum atomic E-state index is 10.5. The van der Waals surface area contributed by atoms with Crippen LogP contribution in [0.2, 0.25) is 0 Å². The summed E-state index contributed by atoms with van der Waals surface area (Å²) in [7, 11) is 0. The van der Waals surface area contributed by atoms with E-state index in [0.29, 0.717) is 11.8 Å². The van der Waals surface area contributed by atoms with E-state index in [2.05, 4.69) is 22.0 Å². The molecule has 6 heteroatoms. The molecule has 1 aromatic rings. The van der Waals surface area contributed by atoms with Gasteiger partial charge in [-0.05, 0) is 38.4 Å². The van der Waals surface area contributed by atoms with Crippen LogP contribution in [0.5, 0.6) is 0 Å². The Morgan fingerprint density at radius 1 is 1.50 bits per heavy atom. The zero-order valence-electron chi connectivity index (χ0n) is 10.6. The fraction of sp³-hybridized carbons (Fsp3) is 0.750. The first kappa shape index (κ1) is 13.0. The summed E-state index contributed by atoms with van der Waals surface area (Å²) in [4.78, 5) is 17.1. The standard InChI is InChI=1S/C12H19N3O3/c1-2-15-5-3-9(4-6-15)7-11-13-10(14-18-11)8-12(16)17/h9H,2-8H2,1H3,(H,16,17). The smallest absolute Gasteiger partial charge is 0.311 e. The quantitative estimate of drug-likeness (QED) is 0.842. The predicted octanol–water partition coefficient (Wildman–Crippen LogP) is 0.971. The van der Waals surface area contributed by atoms with Gasteiger partial charge in [0.1, 0.15) is 6.42 Å². The second-order valence-electron chi connectivity index (χ2n) is 4.76. The lowest BCUT2D eigenvalue weighted by molar-refractivity contribution is -0.136. The first-order chi connectivity index (χ1) is 8.67. The van der Waals surface area contributed by atoms with E-state index in [0.717, 1.165) is 38.9 Å². The van der Waals surface area contributed by atoms with Crippen molar-refractivity contribution in [3.8, 4) is 0 Å². The minimum Gasteiger partial charge on any atom is -0.481 e. The number of likely N-dealkylation sites (tertiary alicyclic amines) is 1. The Balaban J connectivity index is 1.83. The van der Waals surface area contributed by atoms with Crippen molar-refractivity contribution in [3.05, 3.63) is 11.7 Å². The van der Waals surface area contributed by atoms with Crippen LogP contribution in [0.4, 0.5) is 0 Å². The van der Waals surface area contributed by atoms with E-state index in [1.54, 1.807) is 0 Å². The molecule has 1 saturated heterocycles. The third kappa shape index (κ3) is 3.53. The number of carboxylic acids is 1. The van der Waals surface area contributed by atoms with E-state index in [4.69, 9.17) is 9.63 Å². The molecule has 100 valence electrons. The number of hydrogen-bond acceptors (Lipinski definition) is 5.